The van der Waals surface area contributed by atoms with E-state index in [1.807, 2.05) is 30.1 Å². The van der Waals surface area contributed by atoms with E-state index < -0.39 is 0 Å². The van der Waals surface area contributed by atoms with Crippen LogP contribution in [0, 0.1) is 0 Å². The molecule has 158 valence electrons. The highest BCUT2D eigenvalue weighted by Crippen LogP contribution is 2.35. The van der Waals surface area contributed by atoms with Gasteiger partial charge < -0.3 is 15.3 Å². The van der Waals surface area contributed by atoms with Gasteiger partial charge in [-0.2, -0.15) is 0 Å². The predicted molar refractivity (Wildman–Crippen MR) is 127 cm³/mol. The monoisotopic (exact) mass is 473 g/mol. The van der Waals surface area contributed by atoms with E-state index in [1.54, 1.807) is 30.5 Å². The molecule has 2 heterocycles. The number of para-hydroxylation sites is 1. The molecule has 1 aliphatic rings. The number of aliphatic hydroxyl groups is 1. The minimum atomic E-state index is -0.255. The van der Waals surface area contributed by atoms with Crippen molar-refractivity contribution < 1.29 is 9.90 Å². The molecular formula is C21H17Cl2N5O2S. The highest BCUT2D eigenvalue weighted by Gasteiger charge is 2.24. The lowest BCUT2D eigenvalue weighted by molar-refractivity contribution is -0.115. The smallest absolute Gasteiger partial charge is 0.264 e. The maximum Gasteiger partial charge on any atom is 0.264 e. The molecule has 0 aliphatic carbocycles. The number of carbonyl (C=O) groups excluding carboxylic acids is 1. The van der Waals surface area contributed by atoms with Crippen molar-refractivity contribution in [2.24, 2.45) is 4.99 Å². The zero-order chi connectivity index (χ0) is 22.0. The van der Waals surface area contributed by atoms with Crippen LogP contribution in [0.5, 0.6) is 0 Å². The molecule has 0 atom stereocenters. The fourth-order valence-corrected chi connectivity index (χ4v) is 4.20. The number of nitrogens with one attached hydrogen (secondary N) is 1. The van der Waals surface area contributed by atoms with Crippen molar-refractivity contribution in [3.05, 3.63) is 63.1 Å². The van der Waals surface area contributed by atoms with Crippen LogP contribution in [0.25, 0.3) is 17.1 Å². The third-order valence-electron chi connectivity index (χ3n) is 4.48. The molecule has 3 aromatic rings. The maximum atomic E-state index is 12.4. The molecule has 1 fully saturated rings. The number of nitrogens with zero attached hydrogens (tertiary/aromatic N) is 4. The van der Waals surface area contributed by atoms with Crippen LogP contribution in [0.15, 0.2) is 52.5 Å². The van der Waals surface area contributed by atoms with Gasteiger partial charge in [0.1, 0.15) is 11.5 Å². The summed E-state index contributed by atoms with van der Waals surface area (Å²) in [6, 6.07) is 10.7. The predicted octanol–water partition coefficient (Wildman–Crippen LogP) is 4.26. The van der Waals surface area contributed by atoms with Crippen molar-refractivity contribution in [3.8, 4) is 0 Å². The van der Waals surface area contributed by atoms with Gasteiger partial charge in [0, 0.05) is 13.6 Å². The molecule has 1 aliphatic heterocycles. The number of carbonyl (C=O) groups is 1. The number of aliphatic imine (C=N–C) groups is 1. The summed E-state index contributed by atoms with van der Waals surface area (Å²) in [4.78, 5) is 28.1. The second kappa shape index (κ2) is 9.23. The second-order valence-corrected chi connectivity index (χ2v) is 8.52. The molecule has 0 saturated carbocycles. The third kappa shape index (κ3) is 4.83. The van der Waals surface area contributed by atoms with E-state index in [-0.39, 0.29) is 12.5 Å². The number of hydrogen-bond acceptors (Lipinski definition) is 7. The number of thioether (sulfide) groups is 1. The number of likely N-dealkylation sites (N-methyl/N-ethyl adjacent to an activating group) is 1. The Hall–Kier alpha value is -2.65. The number of aliphatic hydroxyl groups excluding tert-OH is 1. The SMILES string of the molecule is CN(CCO)c1cnc2ccc(/C=C3\SC(=Nc4c(Cl)cccc4Cl)NC3=O)cc2n1. The summed E-state index contributed by atoms with van der Waals surface area (Å²) in [5.41, 5.74) is 2.65. The Bertz CT molecular complexity index is 1210. The molecule has 10 heteroatoms. The van der Waals surface area contributed by atoms with Gasteiger partial charge in [0.2, 0.25) is 0 Å². The molecule has 7 nitrogen and oxygen atoms in total. The molecule has 4 rings (SSSR count). The minimum Gasteiger partial charge on any atom is -0.395 e. The number of amides is 1. The second-order valence-electron chi connectivity index (χ2n) is 6.67. The molecule has 0 unspecified atom stereocenters. The first kappa shape index (κ1) is 21.6. The van der Waals surface area contributed by atoms with E-state index >= 15 is 0 Å². The Labute approximate surface area is 192 Å². The standard InChI is InChI=1S/C21H17Cl2N5O2S/c1-28(7-8-29)18-11-24-15-6-5-12(9-16(15)25-18)10-17-20(30)27-21(31-17)26-19-13(22)3-2-4-14(19)23/h2-6,9-11,29H,7-8H2,1H3,(H,26,27,30)/b17-10-. The van der Waals surface area contributed by atoms with Crippen LogP contribution >= 0.6 is 35.0 Å². The van der Waals surface area contributed by atoms with Gasteiger partial charge in [-0.3, -0.25) is 9.78 Å². The molecule has 0 bridgehead atoms. The number of fused-ring (bicyclic) bond motifs is 1. The fraction of sp³-hybridized carbons (Fsp3) is 0.143. The molecule has 2 N–H and O–H groups in total. The average molecular weight is 474 g/mol. The summed E-state index contributed by atoms with van der Waals surface area (Å²) in [5, 5.41) is 13.1. The number of amidine groups is 1. The van der Waals surface area contributed by atoms with Gasteiger partial charge in [-0.15, -0.1) is 0 Å². The van der Waals surface area contributed by atoms with Gasteiger partial charge in [0.05, 0.1) is 38.8 Å². The van der Waals surface area contributed by atoms with Gasteiger partial charge in [-0.05, 0) is 47.7 Å². The Morgan fingerprint density at radius 2 is 2.00 bits per heavy atom. The molecule has 0 spiro atoms. The normalized spacial score (nSPS) is 16.3. The zero-order valence-electron chi connectivity index (χ0n) is 16.3. The topological polar surface area (TPSA) is 90.7 Å². The van der Waals surface area contributed by atoms with Gasteiger partial charge in [0.15, 0.2) is 5.17 Å². The van der Waals surface area contributed by atoms with Crippen molar-refractivity contribution in [1.29, 1.82) is 0 Å². The summed E-state index contributed by atoms with van der Waals surface area (Å²) < 4.78 is 0. The maximum absolute atomic E-state index is 12.4. The van der Waals surface area contributed by atoms with Crippen molar-refractivity contribution >= 4 is 74.7 Å². The van der Waals surface area contributed by atoms with Crippen LogP contribution in [0.4, 0.5) is 11.5 Å². The highest BCUT2D eigenvalue weighted by atomic mass is 35.5. The quantitative estimate of drug-likeness (QED) is 0.538. The van der Waals surface area contributed by atoms with Gasteiger partial charge >= 0.3 is 0 Å². The highest BCUT2D eigenvalue weighted by molar-refractivity contribution is 8.18. The Kier molecular flexibility index (Phi) is 6.43. The summed E-state index contributed by atoms with van der Waals surface area (Å²) in [5.74, 6) is 0.403. The van der Waals surface area contributed by atoms with Gasteiger partial charge in [-0.25, -0.2) is 9.98 Å². The molecule has 2 aromatic carbocycles. The van der Waals surface area contributed by atoms with E-state index in [2.05, 4.69) is 20.3 Å². The number of halogens is 2. The Morgan fingerprint density at radius 1 is 1.23 bits per heavy atom. The minimum absolute atomic E-state index is 0.0258. The summed E-state index contributed by atoms with van der Waals surface area (Å²) in [7, 11) is 1.84. The van der Waals surface area contributed by atoms with Crippen molar-refractivity contribution in [2.45, 2.75) is 0 Å². The summed E-state index contributed by atoms with van der Waals surface area (Å²) in [6.07, 6.45) is 3.43. The first-order chi connectivity index (χ1) is 14.9. The number of rotatable bonds is 5. The first-order valence-electron chi connectivity index (χ1n) is 9.27. The van der Waals surface area contributed by atoms with Crippen molar-refractivity contribution in [2.75, 3.05) is 25.1 Å². The molecule has 0 radical (unpaired) electrons. The van der Waals surface area contributed by atoms with Crippen LogP contribution in [0.2, 0.25) is 10.0 Å². The zero-order valence-corrected chi connectivity index (χ0v) is 18.7. The van der Waals surface area contributed by atoms with E-state index in [9.17, 15) is 4.79 Å². The Morgan fingerprint density at radius 3 is 2.74 bits per heavy atom. The van der Waals surface area contributed by atoms with Crippen molar-refractivity contribution in [1.82, 2.24) is 15.3 Å². The third-order valence-corrected chi connectivity index (χ3v) is 6.00. The van der Waals surface area contributed by atoms with Crippen LogP contribution in [-0.2, 0) is 4.79 Å². The average Bonchev–Trinajstić information content (AvgIpc) is 3.09. The van der Waals surface area contributed by atoms with Gasteiger partial charge in [-0.1, -0.05) is 35.3 Å². The molecule has 31 heavy (non-hydrogen) atoms. The number of benzene rings is 2. The van der Waals surface area contributed by atoms with E-state index in [4.69, 9.17) is 28.3 Å². The van der Waals surface area contributed by atoms with Crippen LogP contribution < -0.4 is 10.2 Å². The number of anilines is 1. The van der Waals surface area contributed by atoms with Crippen molar-refractivity contribution in [3.63, 3.8) is 0 Å². The lowest BCUT2D eigenvalue weighted by Crippen LogP contribution is -2.22. The van der Waals surface area contributed by atoms with Crippen LogP contribution in [-0.4, -0.2) is 46.3 Å². The number of hydrogen-bond donors (Lipinski definition) is 2. The largest absolute Gasteiger partial charge is 0.395 e. The lowest BCUT2D eigenvalue weighted by Gasteiger charge is -2.16. The van der Waals surface area contributed by atoms with E-state index in [1.165, 1.54) is 11.8 Å². The summed E-state index contributed by atoms with van der Waals surface area (Å²) >= 11 is 13.5. The molecule has 1 saturated heterocycles. The fourth-order valence-electron chi connectivity index (χ4n) is 2.89. The summed E-state index contributed by atoms with van der Waals surface area (Å²) in [6.45, 7) is 0.482. The van der Waals surface area contributed by atoms with Crippen LogP contribution in [0.3, 0.4) is 0 Å². The van der Waals surface area contributed by atoms with E-state index in [0.717, 1.165) is 11.1 Å². The number of aromatic nitrogens is 2. The molecule has 1 aromatic heterocycles. The molecule has 1 amide bonds. The van der Waals surface area contributed by atoms with Gasteiger partial charge in [0.25, 0.3) is 5.91 Å². The Balaban J connectivity index is 1.62. The molecular weight excluding hydrogens is 457 g/mol. The first-order valence-corrected chi connectivity index (χ1v) is 10.8. The van der Waals surface area contributed by atoms with Crippen LogP contribution in [0.1, 0.15) is 5.56 Å². The lowest BCUT2D eigenvalue weighted by atomic mass is 10.1. The van der Waals surface area contributed by atoms with E-state index in [0.29, 0.717) is 43.7 Å².